The van der Waals surface area contributed by atoms with Crippen molar-refractivity contribution in [2.75, 3.05) is 5.43 Å². The molecule has 92 valence electrons. The summed E-state index contributed by atoms with van der Waals surface area (Å²) in [4.78, 5) is 21.9. The topological polar surface area (TPSA) is 77.2 Å². The largest absolute Gasteiger partial charge is 0.271 e. The third-order valence-corrected chi connectivity index (χ3v) is 2.57. The first kappa shape index (κ1) is 12.1. The SMILES string of the molecule is O=C(Nn1cccc1)c1cc([N+](=O)[O-])ccc1Cl. The molecule has 1 heterocycles. The van der Waals surface area contributed by atoms with E-state index in [9.17, 15) is 14.9 Å². The van der Waals surface area contributed by atoms with Crippen molar-refractivity contribution in [3.05, 3.63) is 63.4 Å². The van der Waals surface area contributed by atoms with Crippen LogP contribution in [0.1, 0.15) is 10.4 Å². The number of non-ortho nitro benzene ring substituents is 1. The molecule has 2 aromatic rings. The van der Waals surface area contributed by atoms with Crippen LogP contribution in [-0.2, 0) is 0 Å². The maximum Gasteiger partial charge on any atom is 0.271 e. The second kappa shape index (κ2) is 4.89. The molecule has 0 unspecified atom stereocenters. The van der Waals surface area contributed by atoms with E-state index < -0.39 is 10.8 Å². The lowest BCUT2D eigenvalue weighted by atomic mass is 10.2. The van der Waals surface area contributed by atoms with Crippen molar-refractivity contribution in [3.8, 4) is 0 Å². The van der Waals surface area contributed by atoms with Crippen molar-refractivity contribution in [2.24, 2.45) is 0 Å². The van der Waals surface area contributed by atoms with Gasteiger partial charge in [0.2, 0.25) is 0 Å². The molecule has 0 bridgehead atoms. The number of nitro benzene ring substituents is 1. The van der Waals surface area contributed by atoms with E-state index in [0.717, 1.165) is 6.07 Å². The van der Waals surface area contributed by atoms with Gasteiger partial charge >= 0.3 is 0 Å². The summed E-state index contributed by atoms with van der Waals surface area (Å²) in [6.07, 6.45) is 3.26. The first-order valence-corrected chi connectivity index (χ1v) is 5.34. The van der Waals surface area contributed by atoms with E-state index in [1.165, 1.54) is 16.8 Å². The third-order valence-electron chi connectivity index (χ3n) is 2.24. The van der Waals surface area contributed by atoms with Crippen molar-refractivity contribution in [1.29, 1.82) is 0 Å². The van der Waals surface area contributed by atoms with Crippen molar-refractivity contribution in [1.82, 2.24) is 4.68 Å². The molecule has 0 aliphatic carbocycles. The number of carbonyl (C=O) groups is 1. The van der Waals surface area contributed by atoms with Crippen molar-refractivity contribution in [2.45, 2.75) is 0 Å². The third kappa shape index (κ3) is 2.49. The molecule has 18 heavy (non-hydrogen) atoms. The Bertz CT molecular complexity index is 596. The number of amides is 1. The molecule has 0 aliphatic heterocycles. The molecule has 7 heteroatoms. The maximum absolute atomic E-state index is 11.9. The van der Waals surface area contributed by atoms with E-state index in [0.29, 0.717) is 0 Å². The number of hydrogen-bond acceptors (Lipinski definition) is 3. The molecule has 0 radical (unpaired) electrons. The summed E-state index contributed by atoms with van der Waals surface area (Å²) >= 11 is 5.84. The predicted octanol–water partition coefficient (Wildman–Crippen LogP) is 2.43. The minimum Gasteiger partial charge on any atom is -0.268 e. The van der Waals surface area contributed by atoms with E-state index in [1.54, 1.807) is 24.5 Å². The lowest BCUT2D eigenvalue weighted by molar-refractivity contribution is -0.384. The fourth-order valence-electron chi connectivity index (χ4n) is 1.39. The van der Waals surface area contributed by atoms with Crippen LogP contribution in [0.4, 0.5) is 5.69 Å². The van der Waals surface area contributed by atoms with Crippen LogP contribution < -0.4 is 5.43 Å². The van der Waals surface area contributed by atoms with Gasteiger partial charge < -0.3 is 0 Å². The minimum atomic E-state index is -0.581. The summed E-state index contributed by atoms with van der Waals surface area (Å²) in [5.41, 5.74) is 2.39. The number of nitro groups is 1. The fraction of sp³-hybridized carbons (Fsp3) is 0. The normalized spacial score (nSPS) is 10.1. The Morgan fingerprint density at radius 1 is 1.33 bits per heavy atom. The highest BCUT2D eigenvalue weighted by Gasteiger charge is 2.15. The lowest BCUT2D eigenvalue weighted by Gasteiger charge is -2.07. The Kier molecular flexibility index (Phi) is 3.29. The molecular formula is C11H8ClN3O3. The molecule has 1 amide bonds. The quantitative estimate of drug-likeness (QED) is 0.684. The molecule has 1 aromatic heterocycles. The Balaban J connectivity index is 2.29. The molecule has 1 N–H and O–H groups in total. The Morgan fingerprint density at radius 3 is 2.61 bits per heavy atom. The lowest BCUT2D eigenvalue weighted by Crippen LogP contribution is -2.21. The second-order valence-corrected chi connectivity index (χ2v) is 3.86. The van der Waals surface area contributed by atoms with E-state index in [4.69, 9.17) is 11.6 Å². The minimum absolute atomic E-state index is 0.0552. The summed E-state index contributed by atoms with van der Waals surface area (Å²) in [6, 6.07) is 7.17. The van der Waals surface area contributed by atoms with Gasteiger partial charge in [-0.1, -0.05) is 11.6 Å². The van der Waals surface area contributed by atoms with Crippen LogP contribution in [0, 0.1) is 10.1 Å². The van der Waals surface area contributed by atoms with Crippen LogP contribution in [0.2, 0.25) is 5.02 Å². The number of rotatable bonds is 3. The van der Waals surface area contributed by atoms with Crippen LogP contribution >= 0.6 is 11.6 Å². The Morgan fingerprint density at radius 2 is 2.00 bits per heavy atom. The monoisotopic (exact) mass is 265 g/mol. The predicted molar refractivity (Wildman–Crippen MR) is 66.2 cm³/mol. The number of carbonyl (C=O) groups excluding carboxylic acids is 1. The van der Waals surface area contributed by atoms with Crippen LogP contribution in [0.5, 0.6) is 0 Å². The van der Waals surface area contributed by atoms with Gasteiger partial charge in [0.1, 0.15) is 0 Å². The standard InChI is InChI=1S/C11H8ClN3O3/c12-10-4-3-8(15(17)18)7-9(10)11(16)13-14-5-1-2-6-14/h1-7H,(H,13,16). The van der Waals surface area contributed by atoms with Crippen molar-refractivity contribution in [3.63, 3.8) is 0 Å². The number of aromatic nitrogens is 1. The zero-order chi connectivity index (χ0) is 13.1. The smallest absolute Gasteiger partial charge is 0.268 e. The van der Waals surface area contributed by atoms with E-state index in [-0.39, 0.29) is 16.3 Å². The summed E-state index contributed by atoms with van der Waals surface area (Å²) in [5.74, 6) is -0.514. The summed E-state index contributed by atoms with van der Waals surface area (Å²) in [5, 5.41) is 10.8. The highest BCUT2D eigenvalue weighted by molar-refractivity contribution is 6.34. The van der Waals surface area contributed by atoms with Gasteiger partial charge in [-0.3, -0.25) is 25.0 Å². The van der Waals surface area contributed by atoms with Crippen molar-refractivity contribution >= 4 is 23.2 Å². The summed E-state index contributed by atoms with van der Waals surface area (Å²) in [7, 11) is 0. The first-order chi connectivity index (χ1) is 8.58. The average molecular weight is 266 g/mol. The highest BCUT2D eigenvalue weighted by atomic mass is 35.5. The fourth-order valence-corrected chi connectivity index (χ4v) is 1.59. The number of hydrogen-bond donors (Lipinski definition) is 1. The van der Waals surface area contributed by atoms with E-state index >= 15 is 0 Å². The number of nitrogens with zero attached hydrogens (tertiary/aromatic N) is 2. The van der Waals surface area contributed by atoms with Crippen LogP contribution in [0.15, 0.2) is 42.7 Å². The first-order valence-electron chi connectivity index (χ1n) is 4.96. The number of halogens is 1. The van der Waals surface area contributed by atoms with Gasteiger partial charge in [0.15, 0.2) is 0 Å². The van der Waals surface area contributed by atoms with Crippen LogP contribution in [0.3, 0.4) is 0 Å². The van der Waals surface area contributed by atoms with E-state index in [2.05, 4.69) is 5.43 Å². The van der Waals surface area contributed by atoms with Gasteiger partial charge in [-0.25, -0.2) is 0 Å². The zero-order valence-corrected chi connectivity index (χ0v) is 9.79. The average Bonchev–Trinajstić information content (AvgIpc) is 2.81. The van der Waals surface area contributed by atoms with Gasteiger partial charge in [-0.2, -0.15) is 0 Å². The van der Waals surface area contributed by atoms with Gasteiger partial charge in [-0.05, 0) is 18.2 Å². The number of benzene rings is 1. The molecule has 1 aromatic carbocycles. The van der Waals surface area contributed by atoms with Gasteiger partial charge in [0, 0.05) is 24.5 Å². The maximum atomic E-state index is 11.9. The van der Waals surface area contributed by atoms with Gasteiger partial charge in [0.25, 0.3) is 11.6 Å². The molecule has 0 spiro atoms. The zero-order valence-electron chi connectivity index (χ0n) is 9.04. The van der Waals surface area contributed by atoms with Crippen molar-refractivity contribution < 1.29 is 9.72 Å². The molecule has 0 aliphatic rings. The second-order valence-electron chi connectivity index (χ2n) is 3.45. The van der Waals surface area contributed by atoms with Gasteiger partial charge in [-0.15, -0.1) is 0 Å². The Labute approximate surface area is 107 Å². The number of nitrogens with one attached hydrogen (secondary N) is 1. The summed E-state index contributed by atoms with van der Waals surface area (Å²) < 4.78 is 1.43. The van der Waals surface area contributed by atoms with Crippen LogP contribution in [-0.4, -0.2) is 15.5 Å². The Hall–Kier alpha value is -2.34. The molecule has 0 atom stereocenters. The molecular weight excluding hydrogens is 258 g/mol. The summed E-state index contributed by atoms with van der Waals surface area (Å²) in [6.45, 7) is 0. The van der Waals surface area contributed by atoms with Crippen LogP contribution in [0.25, 0.3) is 0 Å². The van der Waals surface area contributed by atoms with E-state index in [1.807, 2.05) is 0 Å². The molecule has 6 nitrogen and oxygen atoms in total. The molecule has 0 fully saturated rings. The molecule has 2 rings (SSSR count). The molecule has 0 saturated carbocycles. The van der Waals surface area contributed by atoms with Gasteiger partial charge in [0.05, 0.1) is 15.5 Å². The molecule has 0 saturated heterocycles. The highest BCUT2D eigenvalue weighted by Crippen LogP contribution is 2.22.